The zero-order chi connectivity index (χ0) is 17.7. The zero-order valence-corrected chi connectivity index (χ0v) is 15.2. The van der Waals surface area contributed by atoms with Gasteiger partial charge in [0, 0.05) is 33.1 Å². The third-order valence-electron chi connectivity index (χ3n) is 4.06. The number of hydrogen-bond donors (Lipinski definition) is 1. The molecule has 0 aliphatic carbocycles. The summed E-state index contributed by atoms with van der Waals surface area (Å²) in [5, 5.41) is 2.90. The normalized spacial score (nSPS) is 17.0. The lowest BCUT2D eigenvalue weighted by atomic mass is 9.97. The van der Waals surface area contributed by atoms with Crippen LogP contribution in [0.3, 0.4) is 0 Å². The summed E-state index contributed by atoms with van der Waals surface area (Å²) < 4.78 is 32.3. The number of rotatable bonds is 6. The molecule has 0 unspecified atom stereocenters. The Labute approximate surface area is 143 Å². The van der Waals surface area contributed by atoms with Crippen LogP contribution in [0.5, 0.6) is 5.75 Å². The molecule has 0 saturated carbocycles. The van der Waals surface area contributed by atoms with Gasteiger partial charge in [0.2, 0.25) is 5.91 Å². The molecule has 1 saturated heterocycles. The topological polar surface area (TPSA) is 79.0 Å². The molecule has 0 spiro atoms. The minimum atomic E-state index is -3.41. The molecule has 1 aromatic carbocycles. The van der Waals surface area contributed by atoms with Gasteiger partial charge >= 0.3 is 0 Å². The van der Waals surface area contributed by atoms with Crippen LogP contribution in [0.1, 0.15) is 19.8 Å². The minimum Gasteiger partial charge on any atom is -0.492 e. The van der Waals surface area contributed by atoms with E-state index >= 15 is 0 Å². The second-order valence-electron chi connectivity index (χ2n) is 5.88. The Morgan fingerprint density at radius 3 is 2.50 bits per heavy atom. The predicted octanol–water partition coefficient (Wildman–Crippen LogP) is 1.54. The lowest BCUT2D eigenvalue weighted by Crippen LogP contribution is -2.46. The lowest BCUT2D eigenvalue weighted by Gasteiger charge is -2.32. The van der Waals surface area contributed by atoms with Gasteiger partial charge in [0.25, 0.3) is 10.2 Å². The highest BCUT2D eigenvalue weighted by Crippen LogP contribution is 2.26. The summed E-state index contributed by atoms with van der Waals surface area (Å²) in [7, 11) is -0.382. The Kier molecular flexibility index (Phi) is 6.20. The van der Waals surface area contributed by atoms with Crippen molar-refractivity contribution in [3.05, 3.63) is 24.3 Å². The molecule has 1 fully saturated rings. The third kappa shape index (κ3) is 4.25. The quantitative estimate of drug-likeness (QED) is 0.840. The first-order chi connectivity index (χ1) is 11.4. The van der Waals surface area contributed by atoms with Crippen LogP contribution < -0.4 is 10.1 Å². The maximum Gasteiger partial charge on any atom is 0.281 e. The summed E-state index contributed by atoms with van der Waals surface area (Å²) in [4.78, 5) is 12.5. The van der Waals surface area contributed by atoms with Gasteiger partial charge < -0.3 is 10.1 Å². The number of piperidine rings is 1. The van der Waals surface area contributed by atoms with E-state index in [0.29, 0.717) is 44.0 Å². The van der Waals surface area contributed by atoms with Crippen LogP contribution in [0.4, 0.5) is 5.69 Å². The molecule has 1 N–H and O–H groups in total. The molecule has 8 heteroatoms. The average Bonchev–Trinajstić information content (AvgIpc) is 2.57. The molecule has 0 radical (unpaired) electrons. The van der Waals surface area contributed by atoms with Crippen molar-refractivity contribution < 1.29 is 17.9 Å². The van der Waals surface area contributed by atoms with E-state index in [2.05, 4.69) is 5.32 Å². The average molecular weight is 355 g/mol. The molecule has 1 aromatic rings. The van der Waals surface area contributed by atoms with Crippen molar-refractivity contribution in [2.24, 2.45) is 5.92 Å². The van der Waals surface area contributed by atoms with Gasteiger partial charge in [0.15, 0.2) is 0 Å². The first-order valence-electron chi connectivity index (χ1n) is 8.06. The number of nitrogens with zero attached hydrogens (tertiary/aromatic N) is 2. The van der Waals surface area contributed by atoms with Crippen LogP contribution in [0.15, 0.2) is 24.3 Å². The van der Waals surface area contributed by atoms with E-state index in [1.807, 2.05) is 25.1 Å². The van der Waals surface area contributed by atoms with E-state index in [1.54, 1.807) is 6.07 Å². The highest BCUT2D eigenvalue weighted by molar-refractivity contribution is 7.86. The van der Waals surface area contributed by atoms with E-state index in [1.165, 1.54) is 22.7 Å². The first-order valence-corrected chi connectivity index (χ1v) is 9.46. The number of anilines is 1. The fourth-order valence-electron chi connectivity index (χ4n) is 2.67. The molecule has 7 nitrogen and oxygen atoms in total. The number of carbonyl (C=O) groups is 1. The van der Waals surface area contributed by atoms with Crippen LogP contribution in [0.2, 0.25) is 0 Å². The van der Waals surface area contributed by atoms with Gasteiger partial charge in [0.05, 0.1) is 12.3 Å². The number of amides is 1. The summed E-state index contributed by atoms with van der Waals surface area (Å²) in [6.07, 6.45) is 1.02. The lowest BCUT2D eigenvalue weighted by molar-refractivity contribution is -0.120. The number of hydrogen-bond acceptors (Lipinski definition) is 4. The molecule has 1 heterocycles. The molecule has 134 valence electrons. The molecule has 2 rings (SSSR count). The molecular formula is C16H25N3O4S. The van der Waals surface area contributed by atoms with Crippen molar-refractivity contribution in [1.82, 2.24) is 8.61 Å². The summed E-state index contributed by atoms with van der Waals surface area (Å²) in [6, 6.07) is 7.30. The van der Waals surface area contributed by atoms with Crippen molar-refractivity contribution >= 4 is 21.8 Å². The van der Waals surface area contributed by atoms with Crippen LogP contribution in [0.25, 0.3) is 0 Å². The molecule has 0 atom stereocenters. The Bertz CT molecular complexity index is 668. The standard InChI is InChI=1S/C16H25N3O4S/c1-4-23-15-8-6-5-7-14(15)17-16(20)13-9-11-19(12-10-13)24(21,22)18(2)3/h5-8,13H,4,9-12H2,1-3H3,(H,17,20). The van der Waals surface area contributed by atoms with Crippen molar-refractivity contribution in [1.29, 1.82) is 0 Å². The smallest absolute Gasteiger partial charge is 0.281 e. The Morgan fingerprint density at radius 1 is 1.29 bits per heavy atom. The van der Waals surface area contributed by atoms with Crippen LogP contribution in [-0.2, 0) is 15.0 Å². The molecule has 0 bridgehead atoms. The van der Waals surface area contributed by atoms with Crippen molar-refractivity contribution in [2.45, 2.75) is 19.8 Å². The highest BCUT2D eigenvalue weighted by atomic mass is 32.2. The van der Waals surface area contributed by atoms with Crippen LogP contribution in [-0.4, -0.2) is 56.7 Å². The van der Waals surface area contributed by atoms with Crippen molar-refractivity contribution in [2.75, 3.05) is 39.1 Å². The number of carbonyl (C=O) groups excluding carboxylic acids is 1. The Morgan fingerprint density at radius 2 is 1.92 bits per heavy atom. The molecular weight excluding hydrogens is 330 g/mol. The van der Waals surface area contributed by atoms with Gasteiger partial charge in [-0.05, 0) is 31.9 Å². The van der Waals surface area contributed by atoms with Gasteiger partial charge in [-0.25, -0.2) is 0 Å². The summed E-state index contributed by atoms with van der Waals surface area (Å²) in [5.74, 6) is 0.346. The van der Waals surface area contributed by atoms with Gasteiger partial charge in [-0.3, -0.25) is 4.79 Å². The van der Waals surface area contributed by atoms with Crippen LogP contribution >= 0.6 is 0 Å². The van der Waals surface area contributed by atoms with E-state index in [0.717, 1.165) is 0 Å². The molecule has 0 aromatic heterocycles. The minimum absolute atomic E-state index is 0.0935. The molecule has 1 aliphatic rings. The van der Waals surface area contributed by atoms with Gasteiger partial charge in [-0.1, -0.05) is 12.1 Å². The molecule has 24 heavy (non-hydrogen) atoms. The molecule has 1 amide bonds. The molecule has 1 aliphatic heterocycles. The SMILES string of the molecule is CCOc1ccccc1NC(=O)C1CCN(S(=O)(=O)N(C)C)CC1. The summed E-state index contributed by atoms with van der Waals surface area (Å²) in [5.41, 5.74) is 0.646. The fraction of sp³-hybridized carbons (Fsp3) is 0.562. The van der Waals surface area contributed by atoms with E-state index in [4.69, 9.17) is 4.74 Å². The fourth-order valence-corrected chi connectivity index (χ4v) is 3.80. The summed E-state index contributed by atoms with van der Waals surface area (Å²) >= 11 is 0. The van der Waals surface area contributed by atoms with Gasteiger partial charge in [-0.15, -0.1) is 0 Å². The van der Waals surface area contributed by atoms with E-state index in [-0.39, 0.29) is 11.8 Å². The predicted molar refractivity (Wildman–Crippen MR) is 93.1 cm³/mol. The maximum absolute atomic E-state index is 12.5. The maximum atomic E-state index is 12.5. The Balaban J connectivity index is 1.97. The highest BCUT2D eigenvalue weighted by Gasteiger charge is 2.32. The Hall–Kier alpha value is -1.64. The first kappa shape index (κ1) is 18.7. The second-order valence-corrected chi connectivity index (χ2v) is 8.02. The van der Waals surface area contributed by atoms with E-state index < -0.39 is 10.2 Å². The second kappa shape index (κ2) is 7.96. The number of para-hydroxylation sites is 2. The van der Waals surface area contributed by atoms with Crippen LogP contribution in [0, 0.1) is 5.92 Å². The van der Waals surface area contributed by atoms with E-state index in [9.17, 15) is 13.2 Å². The van der Waals surface area contributed by atoms with Crippen molar-refractivity contribution in [3.8, 4) is 5.75 Å². The number of benzene rings is 1. The van der Waals surface area contributed by atoms with Crippen molar-refractivity contribution in [3.63, 3.8) is 0 Å². The number of nitrogens with one attached hydrogen (secondary N) is 1. The monoisotopic (exact) mass is 355 g/mol. The van der Waals surface area contributed by atoms with Gasteiger partial charge in [0.1, 0.15) is 5.75 Å². The van der Waals surface area contributed by atoms with Gasteiger partial charge in [-0.2, -0.15) is 17.0 Å². The third-order valence-corrected chi connectivity index (χ3v) is 6.00. The largest absolute Gasteiger partial charge is 0.492 e. The summed E-state index contributed by atoms with van der Waals surface area (Å²) in [6.45, 7) is 3.12. The zero-order valence-electron chi connectivity index (χ0n) is 14.4. The number of ether oxygens (including phenoxy) is 1.